The second-order valence-electron chi connectivity index (χ2n) is 14.8. The van der Waals surface area contributed by atoms with Gasteiger partial charge >= 0.3 is 11.9 Å². The van der Waals surface area contributed by atoms with Crippen molar-refractivity contribution < 1.29 is 67.0 Å². The van der Waals surface area contributed by atoms with Crippen LogP contribution in [0.3, 0.4) is 0 Å². The van der Waals surface area contributed by atoms with E-state index in [4.69, 9.17) is 43.0 Å². The standard InChI is InChI=1S/C21H35NO7.C12H19NO4.C8H15NO3/c1-13(2)18(25)8-7-9-26-10-11-27-21-20(22-16(5)23)15(4)14(3)19(29-21)12-28-17(6)24;1-6-7(2)11-12(16-8(3)13-11)17-10(6)5-15-9(4)14;1-7(2)8(11)9-3-5-12-6-4-10/h14-15,19-21H,1,7-12H2,2-6H3,(H,22,23);6-7,10-12H,5H2,1-4H3;10H,1,3-6H2,2H3,(H,9,11)/t14-,15+,19?,20?,21-;6-,7+,10?,11?,12+;/m11./s1. The van der Waals surface area contributed by atoms with Gasteiger partial charge in [-0.15, -0.1) is 0 Å². The van der Waals surface area contributed by atoms with E-state index in [2.05, 4.69) is 42.6 Å². The molecular weight excluding hydrogens is 758 g/mol. The zero-order valence-electron chi connectivity index (χ0n) is 36.2. The van der Waals surface area contributed by atoms with E-state index in [9.17, 15) is 24.0 Å². The number of nitrogens with one attached hydrogen (secondary N) is 2. The number of aliphatic hydroxyl groups excluding tert-OH is 1. The van der Waals surface area contributed by atoms with Crippen molar-refractivity contribution in [3.63, 3.8) is 0 Å². The van der Waals surface area contributed by atoms with Gasteiger partial charge in [-0.05, 0) is 49.5 Å². The molecule has 0 radical (unpaired) electrons. The Hall–Kier alpha value is -3.74. The van der Waals surface area contributed by atoms with Gasteiger partial charge in [0, 0.05) is 52.8 Å². The van der Waals surface area contributed by atoms with Crippen LogP contribution in [0.1, 0.15) is 82.1 Å². The van der Waals surface area contributed by atoms with E-state index in [1.165, 1.54) is 20.8 Å². The Morgan fingerprint density at radius 3 is 1.90 bits per heavy atom. The van der Waals surface area contributed by atoms with Crippen molar-refractivity contribution in [2.45, 2.75) is 119 Å². The lowest BCUT2D eigenvalue weighted by molar-refractivity contribution is -0.246. The maximum Gasteiger partial charge on any atom is 0.302 e. The number of hydrogen-bond acceptors (Lipinski definition) is 15. The van der Waals surface area contributed by atoms with Gasteiger partial charge < -0.3 is 53.6 Å². The first-order valence-corrected chi connectivity index (χ1v) is 19.9. The quantitative estimate of drug-likeness (QED) is 0.0914. The van der Waals surface area contributed by atoms with E-state index in [0.717, 1.165) is 0 Å². The number of carbonyl (C=O) groups excluding carboxylic acids is 5. The highest BCUT2D eigenvalue weighted by molar-refractivity contribution is 5.94. The maximum atomic E-state index is 11.6. The van der Waals surface area contributed by atoms with E-state index in [1.807, 2.05) is 20.8 Å². The molecule has 2 saturated heterocycles. The number of hydrogen-bond donors (Lipinski definition) is 3. The highest BCUT2D eigenvalue weighted by Crippen LogP contribution is 2.36. The first kappa shape index (κ1) is 52.3. The molecule has 4 unspecified atom stereocenters. The van der Waals surface area contributed by atoms with Gasteiger partial charge in [-0.3, -0.25) is 24.0 Å². The number of amides is 2. The Morgan fingerprint density at radius 1 is 0.759 bits per heavy atom. The molecular formula is C41H69N3O14. The molecule has 3 rings (SSSR count). The first-order valence-electron chi connectivity index (χ1n) is 19.9. The van der Waals surface area contributed by atoms with Gasteiger partial charge in [-0.1, -0.05) is 40.9 Å². The van der Waals surface area contributed by atoms with Gasteiger partial charge in [0.05, 0.1) is 51.3 Å². The van der Waals surface area contributed by atoms with Crippen LogP contribution in [-0.4, -0.2) is 137 Å². The molecule has 58 heavy (non-hydrogen) atoms. The number of allylic oxidation sites excluding steroid dienone is 1. The molecule has 0 saturated carbocycles. The van der Waals surface area contributed by atoms with E-state index in [1.54, 1.807) is 13.8 Å². The van der Waals surface area contributed by atoms with Crippen LogP contribution in [0, 0.1) is 23.7 Å². The molecule has 0 aromatic rings. The fourth-order valence-corrected chi connectivity index (χ4v) is 6.04. The molecule has 10 atom stereocenters. The molecule has 3 aliphatic rings. The topological polar surface area (TPSA) is 216 Å². The largest absolute Gasteiger partial charge is 0.463 e. The SMILES string of the molecule is C=C(C)C(=O)CCCOCCO[C@@H]1OC(COC(C)=O)[C@H](C)[C@H](C)C1NC(C)=O.C=C(C)C(=O)NCCOCCO.CC(=O)OCC1O[C@@H]2OC(C)=NC2[C@@H](C)[C@H]1C. The Labute approximate surface area is 343 Å². The lowest BCUT2D eigenvalue weighted by atomic mass is 9.82. The van der Waals surface area contributed by atoms with Crippen molar-refractivity contribution >= 4 is 35.4 Å². The summed E-state index contributed by atoms with van der Waals surface area (Å²) in [6, 6.07) is -0.247. The zero-order valence-corrected chi connectivity index (χ0v) is 36.2. The number of Topliss-reactive ketones (excluding diaryl/α,β-unsaturated/α-hetero) is 1. The summed E-state index contributed by atoms with van der Waals surface area (Å²) in [5.74, 6) is 0.503. The third kappa shape index (κ3) is 19.8. The van der Waals surface area contributed by atoms with Crippen molar-refractivity contribution in [3.8, 4) is 0 Å². The number of rotatable bonds is 20. The van der Waals surface area contributed by atoms with Crippen molar-refractivity contribution in [1.29, 1.82) is 0 Å². The average Bonchev–Trinajstić information content (AvgIpc) is 3.54. The third-order valence-electron chi connectivity index (χ3n) is 9.85. The number of fused-ring (bicyclic) bond motifs is 1. The summed E-state index contributed by atoms with van der Waals surface area (Å²) in [5, 5.41) is 13.8. The van der Waals surface area contributed by atoms with E-state index < -0.39 is 6.29 Å². The number of nitrogens with zero attached hydrogens (tertiary/aromatic N) is 1. The highest BCUT2D eigenvalue weighted by atomic mass is 16.7. The predicted molar refractivity (Wildman–Crippen MR) is 214 cm³/mol. The molecule has 3 aliphatic heterocycles. The minimum Gasteiger partial charge on any atom is -0.463 e. The minimum absolute atomic E-state index is 0.00837. The second-order valence-corrected chi connectivity index (χ2v) is 14.8. The summed E-state index contributed by atoms with van der Waals surface area (Å²) in [6.45, 7) is 27.4. The average molecular weight is 828 g/mol. The summed E-state index contributed by atoms with van der Waals surface area (Å²) in [4.78, 5) is 60.3. The second kappa shape index (κ2) is 27.9. The van der Waals surface area contributed by atoms with Crippen LogP contribution in [0.4, 0.5) is 0 Å². The van der Waals surface area contributed by atoms with Crippen LogP contribution < -0.4 is 10.6 Å². The van der Waals surface area contributed by atoms with Crippen LogP contribution in [0.15, 0.2) is 29.3 Å². The summed E-state index contributed by atoms with van der Waals surface area (Å²) in [5.41, 5.74) is 1.04. The first-order chi connectivity index (χ1) is 27.3. The van der Waals surface area contributed by atoms with Gasteiger partial charge in [-0.2, -0.15) is 0 Å². The number of ether oxygens (including phenoxy) is 8. The smallest absolute Gasteiger partial charge is 0.302 e. The molecule has 2 amide bonds. The lowest BCUT2D eigenvalue weighted by Gasteiger charge is -2.44. The maximum absolute atomic E-state index is 11.6. The van der Waals surface area contributed by atoms with Crippen LogP contribution in [0.2, 0.25) is 0 Å². The molecule has 2 fully saturated rings. The molecule has 0 spiro atoms. The van der Waals surface area contributed by atoms with Gasteiger partial charge in [0.25, 0.3) is 0 Å². The molecule has 0 aromatic carbocycles. The fraction of sp³-hybridized carbons (Fsp3) is 0.756. The molecule has 3 heterocycles. The van der Waals surface area contributed by atoms with Crippen LogP contribution in [-0.2, 0) is 61.9 Å². The van der Waals surface area contributed by atoms with Crippen molar-refractivity contribution in [1.82, 2.24) is 10.6 Å². The third-order valence-corrected chi connectivity index (χ3v) is 9.85. The molecule has 0 bridgehead atoms. The van der Waals surface area contributed by atoms with Crippen molar-refractivity contribution in [2.75, 3.05) is 59.4 Å². The van der Waals surface area contributed by atoms with Gasteiger partial charge in [0.1, 0.15) is 19.3 Å². The zero-order chi connectivity index (χ0) is 43.9. The van der Waals surface area contributed by atoms with Gasteiger partial charge in [0.15, 0.2) is 18.0 Å². The minimum atomic E-state index is -0.667. The van der Waals surface area contributed by atoms with Gasteiger partial charge in [0.2, 0.25) is 18.1 Å². The summed E-state index contributed by atoms with van der Waals surface area (Å²) >= 11 is 0. The van der Waals surface area contributed by atoms with E-state index in [0.29, 0.717) is 68.8 Å². The van der Waals surface area contributed by atoms with Crippen LogP contribution >= 0.6 is 0 Å². The summed E-state index contributed by atoms with van der Waals surface area (Å²) in [7, 11) is 0. The number of aliphatic hydroxyl groups is 1. The van der Waals surface area contributed by atoms with Crippen molar-refractivity contribution in [2.24, 2.45) is 28.7 Å². The molecule has 17 heteroatoms. The fourth-order valence-electron chi connectivity index (χ4n) is 6.04. The Balaban J connectivity index is 0.000000487. The normalized spacial score (nSPS) is 27.1. The van der Waals surface area contributed by atoms with Crippen LogP contribution in [0.25, 0.3) is 0 Å². The number of carbonyl (C=O) groups is 5. The summed E-state index contributed by atoms with van der Waals surface area (Å²) < 4.78 is 43.7. The number of ketones is 1. The number of esters is 2. The van der Waals surface area contributed by atoms with Gasteiger partial charge in [-0.25, -0.2) is 4.99 Å². The monoisotopic (exact) mass is 827 g/mol. The van der Waals surface area contributed by atoms with E-state index >= 15 is 0 Å². The van der Waals surface area contributed by atoms with Crippen molar-refractivity contribution in [3.05, 3.63) is 24.3 Å². The molecule has 3 N–H and O–H groups in total. The lowest BCUT2D eigenvalue weighted by Crippen LogP contribution is -2.58. The molecule has 332 valence electrons. The predicted octanol–water partition coefficient (Wildman–Crippen LogP) is 3.06. The Kier molecular flexibility index (Phi) is 25.1. The molecule has 17 nitrogen and oxygen atoms in total. The molecule has 0 aromatic heterocycles. The van der Waals surface area contributed by atoms with E-state index in [-0.39, 0.29) is 104 Å². The Morgan fingerprint density at radius 2 is 1.34 bits per heavy atom. The summed E-state index contributed by atoms with van der Waals surface area (Å²) in [6.07, 6.45) is -0.380. The molecule has 0 aliphatic carbocycles. The number of aliphatic imine (C=N–C) groups is 1. The van der Waals surface area contributed by atoms with Crippen LogP contribution in [0.5, 0.6) is 0 Å². The highest BCUT2D eigenvalue weighted by Gasteiger charge is 2.46. The Bertz CT molecular complexity index is 1370.